The molecule has 0 aromatic heterocycles. The first-order valence-electron chi connectivity index (χ1n) is 0. The first kappa shape index (κ1) is 1010. The van der Waals surface area contributed by atoms with E-state index in [0.29, 0.717) is 0 Å². The minimum Gasteiger partial charge on any atom is -1.00 e. The summed E-state index contributed by atoms with van der Waals surface area (Å²) in [6, 6.07) is 0. The van der Waals surface area contributed by atoms with Crippen molar-refractivity contribution in [3.8, 4) is 0 Å². The van der Waals surface area contributed by atoms with Gasteiger partial charge < -0.3 is 28.2 Å². The Balaban J connectivity index is 0. The van der Waals surface area contributed by atoms with Crippen LogP contribution in [0.1, 0.15) is 0 Å². The second-order valence-electron chi connectivity index (χ2n) is 0. The van der Waals surface area contributed by atoms with Crippen molar-refractivity contribution >= 4 is 38.3 Å². The molecule has 0 aliphatic heterocycles. The van der Waals surface area contributed by atoms with E-state index in [9.17, 15) is 0 Å². The molecule has 0 saturated heterocycles. The van der Waals surface area contributed by atoms with Gasteiger partial charge in [0, 0.05) is 0 Å². The second-order valence-corrected chi connectivity index (χ2v) is 0. The molecule has 0 aromatic rings. The van der Waals surface area contributed by atoms with Crippen LogP contribution in [0.3, 0.4) is 0 Å². The van der Waals surface area contributed by atoms with Crippen LogP contribution in [0, 0.1) is 0 Å². The zero-order valence-corrected chi connectivity index (χ0v) is 8.16. The van der Waals surface area contributed by atoms with E-state index in [1.54, 1.807) is 0 Å². The van der Waals surface area contributed by atoms with Gasteiger partial charge in [0.05, 0.1) is 0 Å². The SMILES string of the molecule is [F-].[F-].[F-].[F-].[F-].[F-].[Pb+2].[Si+4]. The van der Waals surface area contributed by atoms with E-state index in [0.717, 1.165) is 0 Å². The molecule has 2 radical (unpaired) electrons. The van der Waals surface area contributed by atoms with E-state index >= 15 is 0 Å². The average molecular weight is 349 g/mol. The summed E-state index contributed by atoms with van der Waals surface area (Å²) in [7, 11) is 0. The summed E-state index contributed by atoms with van der Waals surface area (Å²) in [5, 5.41) is 0. The van der Waals surface area contributed by atoms with Crippen molar-refractivity contribution in [2.24, 2.45) is 0 Å². The molecule has 0 unspecified atom stereocenters. The van der Waals surface area contributed by atoms with E-state index in [4.69, 9.17) is 0 Å². The van der Waals surface area contributed by atoms with Gasteiger partial charge in [0.2, 0.25) is 0 Å². The summed E-state index contributed by atoms with van der Waals surface area (Å²) in [5.41, 5.74) is 0. The molecule has 0 amide bonds. The standard InChI is InChI=1S/6FH.Pb.Si/h6*1H;;/q;;;;;;+2;+4/p-6. The van der Waals surface area contributed by atoms with Crippen molar-refractivity contribution in [3.05, 3.63) is 0 Å². The van der Waals surface area contributed by atoms with Gasteiger partial charge >= 0.3 is 38.3 Å². The van der Waals surface area contributed by atoms with Gasteiger partial charge in [-0.15, -0.1) is 0 Å². The predicted octanol–water partition coefficient (Wildman–Crippen LogP) is -18.7. The third kappa shape index (κ3) is 425. The molecule has 0 aliphatic rings. The molecule has 0 bridgehead atoms. The van der Waals surface area contributed by atoms with Crippen LogP contribution in [-0.4, -0.2) is 38.3 Å². The summed E-state index contributed by atoms with van der Waals surface area (Å²) < 4.78 is 0. The average Bonchev–Trinajstić information content (AvgIpc) is 0. The van der Waals surface area contributed by atoms with E-state index in [1.165, 1.54) is 0 Å². The second kappa shape index (κ2) is 674. The molecule has 0 atom stereocenters. The largest absolute Gasteiger partial charge is 4.00 e. The Morgan fingerprint density at radius 1 is 0.375 bits per heavy atom. The first-order chi connectivity index (χ1) is 0. The molecular formula is F6PbSi. The topological polar surface area (TPSA) is 0 Å². The van der Waals surface area contributed by atoms with Crippen LogP contribution >= 0.6 is 0 Å². The van der Waals surface area contributed by atoms with Gasteiger partial charge in [0.25, 0.3) is 0 Å². The third-order valence-electron chi connectivity index (χ3n) is 0. The maximum absolute atomic E-state index is 0. The Labute approximate surface area is 66.8 Å². The van der Waals surface area contributed by atoms with Crippen molar-refractivity contribution in [2.45, 2.75) is 0 Å². The van der Waals surface area contributed by atoms with Crippen LogP contribution in [0.15, 0.2) is 0 Å². The third-order valence-corrected chi connectivity index (χ3v) is 0. The Kier molecular flexibility index (Phi) is 84700. The molecule has 0 nitrogen and oxygen atoms in total. The summed E-state index contributed by atoms with van der Waals surface area (Å²) in [6.07, 6.45) is 0. The fourth-order valence-corrected chi connectivity index (χ4v) is 0. The van der Waals surface area contributed by atoms with Crippen molar-refractivity contribution < 1.29 is 28.2 Å². The van der Waals surface area contributed by atoms with Gasteiger partial charge in [-0.1, -0.05) is 0 Å². The van der Waals surface area contributed by atoms with E-state index < -0.39 is 0 Å². The predicted molar refractivity (Wildman–Crippen MR) is 11.5 cm³/mol. The van der Waals surface area contributed by atoms with Gasteiger partial charge in [-0.25, -0.2) is 0 Å². The monoisotopic (exact) mass is 350 g/mol. The summed E-state index contributed by atoms with van der Waals surface area (Å²) >= 11 is 0. The molecule has 0 saturated carbocycles. The molecule has 0 rings (SSSR count). The maximum atomic E-state index is 0. The van der Waals surface area contributed by atoms with Gasteiger partial charge in [0.15, 0.2) is 0 Å². The van der Waals surface area contributed by atoms with Gasteiger partial charge in [-0.2, -0.15) is 0 Å². The molecular weight excluding hydrogens is 349 g/mol. The molecule has 0 spiro atoms. The molecule has 8 heavy (non-hydrogen) atoms. The Hall–Kier alpha value is 0.719. The van der Waals surface area contributed by atoms with Crippen molar-refractivity contribution in [3.63, 3.8) is 0 Å². The molecule has 0 N–H and O–H groups in total. The van der Waals surface area contributed by atoms with Gasteiger partial charge in [0.1, 0.15) is 0 Å². The normalized spacial score (nSPS) is 0. The summed E-state index contributed by atoms with van der Waals surface area (Å²) in [4.78, 5) is 0. The minimum absolute atomic E-state index is 0. The maximum Gasteiger partial charge on any atom is 4.00 e. The van der Waals surface area contributed by atoms with E-state index in [-0.39, 0.29) is 66.5 Å². The number of hydrogen-bond acceptors (Lipinski definition) is 0. The molecule has 0 heterocycles. The van der Waals surface area contributed by atoms with Crippen LogP contribution in [0.2, 0.25) is 0 Å². The van der Waals surface area contributed by atoms with Crippen molar-refractivity contribution in [2.75, 3.05) is 0 Å². The minimum atomic E-state index is 0. The number of halogens is 6. The molecule has 50 valence electrons. The fourth-order valence-electron chi connectivity index (χ4n) is 0. The Morgan fingerprint density at radius 2 is 0.375 bits per heavy atom. The number of rotatable bonds is 0. The van der Waals surface area contributed by atoms with Crippen LogP contribution in [-0.2, 0) is 0 Å². The molecule has 0 aliphatic carbocycles. The van der Waals surface area contributed by atoms with Gasteiger partial charge in [-0.05, 0) is 0 Å². The van der Waals surface area contributed by atoms with E-state index in [2.05, 4.69) is 0 Å². The summed E-state index contributed by atoms with van der Waals surface area (Å²) in [6.45, 7) is 0. The Morgan fingerprint density at radius 3 is 0.375 bits per heavy atom. The zero-order chi connectivity index (χ0) is 0. The van der Waals surface area contributed by atoms with Crippen LogP contribution in [0.25, 0.3) is 0 Å². The summed E-state index contributed by atoms with van der Waals surface area (Å²) in [5.74, 6) is 0. The quantitative estimate of drug-likeness (QED) is 0.301. The van der Waals surface area contributed by atoms with Crippen LogP contribution < -0.4 is 28.2 Å². The molecule has 0 fully saturated rings. The van der Waals surface area contributed by atoms with E-state index in [1.807, 2.05) is 0 Å². The van der Waals surface area contributed by atoms with Crippen molar-refractivity contribution in [1.29, 1.82) is 0 Å². The first-order valence-corrected chi connectivity index (χ1v) is 0. The van der Waals surface area contributed by atoms with Crippen molar-refractivity contribution in [1.82, 2.24) is 0 Å². The smallest absolute Gasteiger partial charge is 1.00 e. The number of hydrogen-bond donors (Lipinski definition) is 0. The molecule has 8 heteroatoms. The Bertz CT molecular complexity index is 8.49. The molecule has 0 aromatic carbocycles. The van der Waals surface area contributed by atoms with Crippen LogP contribution in [0.5, 0.6) is 0 Å². The van der Waals surface area contributed by atoms with Crippen LogP contribution in [0.4, 0.5) is 0 Å². The van der Waals surface area contributed by atoms with Gasteiger partial charge in [-0.3, -0.25) is 0 Å². The fraction of sp³-hybridized carbons (Fsp3) is 0. The zero-order valence-electron chi connectivity index (χ0n) is 3.27.